The molecule has 2 aliphatic heterocycles. The van der Waals surface area contributed by atoms with Gasteiger partial charge in [-0.2, -0.15) is 5.10 Å². The lowest BCUT2D eigenvalue weighted by Gasteiger charge is -2.50. The van der Waals surface area contributed by atoms with Crippen molar-refractivity contribution in [3.05, 3.63) is 18.0 Å². The second kappa shape index (κ2) is 5.42. The first-order chi connectivity index (χ1) is 10.00. The molecular weight excluding hydrogens is 268 g/mol. The van der Waals surface area contributed by atoms with Crippen molar-refractivity contribution in [2.75, 3.05) is 26.7 Å². The van der Waals surface area contributed by atoms with E-state index in [1.807, 2.05) is 29.9 Å². The van der Waals surface area contributed by atoms with Gasteiger partial charge in [0.05, 0.1) is 17.8 Å². The lowest BCUT2D eigenvalue weighted by molar-refractivity contribution is -0.183. The molecule has 0 aliphatic carbocycles. The maximum Gasteiger partial charge on any atom is 0.248 e. The summed E-state index contributed by atoms with van der Waals surface area (Å²) in [5.74, 6) is 0.0888. The van der Waals surface area contributed by atoms with Gasteiger partial charge in [-0.25, -0.2) is 0 Å². The van der Waals surface area contributed by atoms with Crippen LogP contribution < -0.4 is 0 Å². The Labute approximate surface area is 125 Å². The number of rotatable bonds is 2. The minimum Gasteiger partial charge on any atom is -0.363 e. The third-order valence-electron chi connectivity index (χ3n) is 5.09. The van der Waals surface area contributed by atoms with Gasteiger partial charge in [0, 0.05) is 45.5 Å². The Kier molecular flexibility index (Phi) is 3.75. The van der Waals surface area contributed by atoms with E-state index in [0.29, 0.717) is 0 Å². The number of aromatic nitrogens is 2. The number of aryl methyl sites for hydroxylation is 1. The van der Waals surface area contributed by atoms with Crippen LogP contribution in [0.5, 0.6) is 0 Å². The molecule has 1 aromatic rings. The maximum atomic E-state index is 11.7. The Morgan fingerprint density at radius 1 is 1.38 bits per heavy atom. The lowest BCUT2D eigenvalue weighted by atomic mass is 9.83. The van der Waals surface area contributed by atoms with Crippen molar-refractivity contribution in [2.45, 2.75) is 38.0 Å². The molecule has 3 heterocycles. The Hall–Kier alpha value is -1.40. The van der Waals surface area contributed by atoms with Crippen molar-refractivity contribution in [2.24, 2.45) is 7.05 Å². The van der Waals surface area contributed by atoms with Gasteiger partial charge in [0.15, 0.2) is 0 Å². The van der Waals surface area contributed by atoms with Crippen molar-refractivity contribution < 1.29 is 9.53 Å². The molecule has 0 saturated carbocycles. The second-order valence-electron chi connectivity index (χ2n) is 6.33. The van der Waals surface area contributed by atoms with Gasteiger partial charge in [-0.3, -0.25) is 14.4 Å². The number of amides is 1. The van der Waals surface area contributed by atoms with Crippen LogP contribution in [-0.2, 0) is 23.1 Å². The van der Waals surface area contributed by atoms with E-state index >= 15 is 0 Å². The molecule has 0 radical (unpaired) electrons. The molecule has 21 heavy (non-hydrogen) atoms. The highest BCUT2D eigenvalue weighted by atomic mass is 16.5. The fraction of sp³-hybridized carbons (Fsp3) is 0.733. The summed E-state index contributed by atoms with van der Waals surface area (Å²) in [5.41, 5.74) is 1.09. The van der Waals surface area contributed by atoms with Crippen molar-refractivity contribution >= 4 is 5.91 Å². The van der Waals surface area contributed by atoms with Crippen LogP contribution in [0.3, 0.4) is 0 Å². The van der Waals surface area contributed by atoms with Crippen LogP contribution in [0.1, 0.15) is 25.3 Å². The van der Waals surface area contributed by atoms with Crippen LogP contribution in [0.15, 0.2) is 12.4 Å². The fourth-order valence-electron chi connectivity index (χ4n) is 3.46. The number of nitrogens with zero attached hydrogens (tertiary/aromatic N) is 4. The van der Waals surface area contributed by atoms with Gasteiger partial charge in [0.25, 0.3) is 0 Å². The van der Waals surface area contributed by atoms with Gasteiger partial charge < -0.3 is 9.64 Å². The van der Waals surface area contributed by atoms with Crippen LogP contribution >= 0.6 is 0 Å². The summed E-state index contributed by atoms with van der Waals surface area (Å²) in [6.45, 7) is 5.27. The molecule has 1 unspecified atom stereocenters. The van der Waals surface area contributed by atoms with Crippen LogP contribution in [-0.4, -0.2) is 63.9 Å². The highest BCUT2D eigenvalue weighted by molar-refractivity contribution is 5.78. The summed E-state index contributed by atoms with van der Waals surface area (Å²) < 4.78 is 7.81. The minimum atomic E-state index is -0.159. The van der Waals surface area contributed by atoms with Crippen molar-refractivity contribution in [3.8, 4) is 0 Å². The maximum absolute atomic E-state index is 11.7. The zero-order chi connectivity index (χ0) is 15.0. The molecule has 116 valence electrons. The van der Waals surface area contributed by atoms with E-state index in [1.54, 1.807) is 0 Å². The van der Waals surface area contributed by atoms with Gasteiger partial charge in [-0.05, 0) is 19.8 Å². The largest absolute Gasteiger partial charge is 0.363 e. The highest BCUT2D eigenvalue weighted by Gasteiger charge is 2.46. The first-order valence-corrected chi connectivity index (χ1v) is 7.60. The molecule has 2 saturated heterocycles. The molecule has 6 heteroatoms. The van der Waals surface area contributed by atoms with E-state index in [1.165, 1.54) is 5.56 Å². The molecule has 1 aromatic heterocycles. The summed E-state index contributed by atoms with van der Waals surface area (Å²) >= 11 is 0. The predicted molar refractivity (Wildman–Crippen MR) is 78.6 cm³/mol. The quantitative estimate of drug-likeness (QED) is 0.802. The molecule has 0 N–H and O–H groups in total. The SMILES string of the molecule is CC1N(C)C(=O)COC12CCN(Cc1cnn(C)c1)CC2. The highest BCUT2D eigenvalue weighted by Crippen LogP contribution is 2.35. The first-order valence-electron chi connectivity index (χ1n) is 7.60. The van der Waals surface area contributed by atoms with Gasteiger partial charge in [0.1, 0.15) is 6.61 Å². The topological polar surface area (TPSA) is 50.6 Å². The number of ether oxygens (including phenoxy) is 1. The van der Waals surface area contributed by atoms with E-state index in [-0.39, 0.29) is 24.2 Å². The summed E-state index contributed by atoms with van der Waals surface area (Å²) in [6.07, 6.45) is 5.95. The molecule has 1 atom stereocenters. The average Bonchev–Trinajstić information content (AvgIpc) is 2.89. The summed E-state index contributed by atoms with van der Waals surface area (Å²) in [6, 6.07) is 0.152. The van der Waals surface area contributed by atoms with Crippen LogP contribution in [0, 0.1) is 0 Å². The summed E-state index contributed by atoms with van der Waals surface area (Å²) in [7, 11) is 3.83. The second-order valence-corrected chi connectivity index (χ2v) is 6.33. The monoisotopic (exact) mass is 292 g/mol. The molecular formula is C15H24N4O2. The van der Waals surface area contributed by atoms with E-state index < -0.39 is 0 Å². The minimum absolute atomic E-state index is 0.0888. The number of likely N-dealkylation sites (tertiary alicyclic amines) is 1. The molecule has 1 spiro atoms. The zero-order valence-corrected chi connectivity index (χ0v) is 13.1. The number of likely N-dealkylation sites (N-methyl/N-ethyl adjacent to an activating group) is 1. The third kappa shape index (κ3) is 2.70. The Bertz CT molecular complexity index is 519. The molecule has 0 aromatic carbocycles. The zero-order valence-electron chi connectivity index (χ0n) is 13.1. The van der Waals surface area contributed by atoms with Crippen molar-refractivity contribution in [1.82, 2.24) is 19.6 Å². The predicted octanol–water partition coefficient (Wildman–Crippen LogP) is 0.632. The summed E-state index contributed by atoms with van der Waals surface area (Å²) in [5, 5.41) is 4.22. The molecule has 2 aliphatic rings. The van der Waals surface area contributed by atoms with Crippen LogP contribution in [0.25, 0.3) is 0 Å². The average molecular weight is 292 g/mol. The number of piperidine rings is 1. The van der Waals surface area contributed by atoms with Gasteiger partial charge >= 0.3 is 0 Å². The molecule has 3 rings (SSSR count). The van der Waals surface area contributed by atoms with Gasteiger partial charge in [-0.15, -0.1) is 0 Å². The van der Waals surface area contributed by atoms with E-state index in [4.69, 9.17) is 4.74 Å². The van der Waals surface area contributed by atoms with E-state index in [2.05, 4.69) is 23.1 Å². The number of morpholine rings is 1. The standard InChI is InChI=1S/C15H24N4O2/c1-12-15(21-11-14(20)18(12)3)4-6-19(7-5-15)10-13-8-16-17(2)9-13/h8-9,12H,4-7,10-11H2,1-3H3. The number of carbonyl (C=O) groups is 1. The molecule has 2 fully saturated rings. The first kappa shape index (κ1) is 14.5. The van der Waals surface area contributed by atoms with E-state index in [9.17, 15) is 4.79 Å². The Morgan fingerprint density at radius 3 is 2.71 bits per heavy atom. The smallest absolute Gasteiger partial charge is 0.248 e. The summed E-state index contributed by atoms with van der Waals surface area (Å²) in [4.78, 5) is 16.0. The van der Waals surface area contributed by atoms with Crippen molar-refractivity contribution in [1.29, 1.82) is 0 Å². The van der Waals surface area contributed by atoms with Crippen molar-refractivity contribution in [3.63, 3.8) is 0 Å². The third-order valence-corrected chi connectivity index (χ3v) is 5.09. The molecule has 6 nitrogen and oxygen atoms in total. The van der Waals surface area contributed by atoms with Crippen LogP contribution in [0.2, 0.25) is 0 Å². The fourth-order valence-corrected chi connectivity index (χ4v) is 3.46. The lowest BCUT2D eigenvalue weighted by Crippen LogP contribution is -2.62. The molecule has 1 amide bonds. The van der Waals surface area contributed by atoms with Gasteiger partial charge in [-0.1, -0.05) is 0 Å². The van der Waals surface area contributed by atoms with Crippen LogP contribution in [0.4, 0.5) is 0 Å². The van der Waals surface area contributed by atoms with E-state index in [0.717, 1.165) is 32.5 Å². The Balaban J connectivity index is 1.60. The van der Waals surface area contributed by atoms with Gasteiger partial charge in [0.2, 0.25) is 5.91 Å². The normalized spacial score (nSPS) is 26.5. The Morgan fingerprint density at radius 2 is 2.10 bits per heavy atom. The molecule has 0 bridgehead atoms. The number of hydrogen-bond acceptors (Lipinski definition) is 4. The number of carbonyl (C=O) groups excluding carboxylic acids is 1. The number of hydrogen-bond donors (Lipinski definition) is 0.